The van der Waals surface area contributed by atoms with Crippen LogP contribution in [-0.4, -0.2) is 24.0 Å². The van der Waals surface area contributed by atoms with Gasteiger partial charge in [0.25, 0.3) is 0 Å². The SMILES string of the molecule is COc1cccc(-c2nc(CN(C)Cc3cccc(Cl)c3)cs2)c1. The molecule has 0 bridgehead atoms. The van der Waals surface area contributed by atoms with Crippen LogP contribution in [0.4, 0.5) is 0 Å². The van der Waals surface area contributed by atoms with Crippen molar-refractivity contribution < 1.29 is 4.74 Å². The molecule has 0 amide bonds. The molecule has 0 saturated carbocycles. The molecule has 0 radical (unpaired) electrons. The topological polar surface area (TPSA) is 25.4 Å². The van der Waals surface area contributed by atoms with E-state index in [2.05, 4.69) is 29.5 Å². The average Bonchev–Trinajstić information content (AvgIpc) is 3.03. The summed E-state index contributed by atoms with van der Waals surface area (Å²) in [4.78, 5) is 6.98. The number of aromatic nitrogens is 1. The number of nitrogens with zero attached hydrogens (tertiary/aromatic N) is 2. The number of methoxy groups -OCH3 is 1. The summed E-state index contributed by atoms with van der Waals surface area (Å²) < 4.78 is 5.28. The largest absolute Gasteiger partial charge is 0.497 e. The van der Waals surface area contributed by atoms with Crippen molar-refractivity contribution in [1.29, 1.82) is 0 Å². The molecule has 24 heavy (non-hydrogen) atoms. The maximum absolute atomic E-state index is 6.04. The Morgan fingerprint density at radius 1 is 1.12 bits per heavy atom. The Hall–Kier alpha value is -1.88. The first-order valence-electron chi connectivity index (χ1n) is 7.66. The maximum Gasteiger partial charge on any atom is 0.123 e. The van der Waals surface area contributed by atoms with Crippen LogP contribution in [0, 0.1) is 0 Å². The van der Waals surface area contributed by atoms with Gasteiger partial charge in [-0.1, -0.05) is 35.9 Å². The van der Waals surface area contributed by atoms with Crippen LogP contribution in [0.2, 0.25) is 5.02 Å². The quantitative estimate of drug-likeness (QED) is 0.612. The highest BCUT2D eigenvalue weighted by molar-refractivity contribution is 7.13. The van der Waals surface area contributed by atoms with Crippen molar-refractivity contribution in [3.05, 3.63) is 70.2 Å². The minimum absolute atomic E-state index is 0.773. The molecule has 0 aliphatic rings. The van der Waals surface area contributed by atoms with Crippen molar-refractivity contribution >= 4 is 22.9 Å². The summed E-state index contributed by atoms with van der Waals surface area (Å²) in [5, 5.41) is 3.90. The zero-order chi connectivity index (χ0) is 16.9. The van der Waals surface area contributed by atoms with Crippen LogP contribution in [0.25, 0.3) is 10.6 Å². The van der Waals surface area contributed by atoms with Gasteiger partial charge in [0.1, 0.15) is 10.8 Å². The van der Waals surface area contributed by atoms with E-state index in [4.69, 9.17) is 21.3 Å². The van der Waals surface area contributed by atoms with Gasteiger partial charge in [-0.25, -0.2) is 4.98 Å². The molecule has 0 saturated heterocycles. The van der Waals surface area contributed by atoms with E-state index in [9.17, 15) is 0 Å². The Kier molecular flexibility index (Phi) is 5.51. The van der Waals surface area contributed by atoms with Crippen LogP contribution in [0.15, 0.2) is 53.9 Å². The lowest BCUT2D eigenvalue weighted by atomic mass is 10.2. The number of benzene rings is 2. The molecule has 5 heteroatoms. The van der Waals surface area contributed by atoms with Gasteiger partial charge in [0.15, 0.2) is 0 Å². The molecule has 2 aromatic carbocycles. The van der Waals surface area contributed by atoms with Crippen LogP contribution >= 0.6 is 22.9 Å². The molecule has 0 N–H and O–H groups in total. The molecule has 1 heterocycles. The Morgan fingerprint density at radius 2 is 1.96 bits per heavy atom. The van der Waals surface area contributed by atoms with Crippen LogP contribution in [-0.2, 0) is 13.1 Å². The molecule has 3 nitrogen and oxygen atoms in total. The van der Waals surface area contributed by atoms with E-state index in [0.29, 0.717) is 0 Å². The monoisotopic (exact) mass is 358 g/mol. The van der Waals surface area contributed by atoms with Gasteiger partial charge in [0, 0.05) is 29.1 Å². The van der Waals surface area contributed by atoms with Crippen molar-refractivity contribution in [2.45, 2.75) is 13.1 Å². The fraction of sp³-hybridized carbons (Fsp3) is 0.211. The third-order valence-corrected chi connectivity index (χ3v) is 4.82. The molecule has 124 valence electrons. The smallest absolute Gasteiger partial charge is 0.123 e. The summed E-state index contributed by atoms with van der Waals surface area (Å²) in [5.41, 5.74) is 3.36. The van der Waals surface area contributed by atoms with Crippen LogP contribution in [0.3, 0.4) is 0 Å². The summed E-state index contributed by atoms with van der Waals surface area (Å²) in [6.45, 7) is 1.64. The van der Waals surface area contributed by atoms with Gasteiger partial charge in [-0.05, 0) is 36.9 Å². The van der Waals surface area contributed by atoms with Crippen molar-refractivity contribution in [3.8, 4) is 16.3 Å². The Balaban J connectivity index is 1.67. The molecule has 3 rings (SSSR count). The predicted octanol–water partition coefficient (Wildman–Crippen LogP) is 5.10. The summed E-state index contributed by atoms with van der Waals surface area (Å²) in [5.74, 6) is 0.849. The summed E-state index contributed by atoms with van der Waals surface area (Å²) in [6, 6.07) is 16.0. The highest BCUT2D eigenvalue weighted by atomic mass is 35.5. The molecular weight excluding hydrogens is 340 g/mol. The lowest BCUT2D eigenvalue weighted by molar-refractivity contribution is 0.316. The van der Waals surface area contributed by atoms with Crippen molar-refractivity contribution in [2.75, 3.05) is 14.2 Å². The van der Waals surface area contributed by atoms with Crippen LogP contribution in [0.1, 0.15) is 11.3 Å². The van der Waals surface area contributed by atoms with Gasteiger partial charge >= 0.3 is 0 Å². The highest BCUT2D eigenvalue weighted by Crippen LogP contribution is 2.27. The minimum Gasteiger partial charge on any atom is -0.497 e. The molecule has 0 aliphatic heterocycles. The molecule has 0 atom stereocenters. The Morgan fingerprint density at radius 3 is 2.75 bits per heavy atom. The summed E-state index contributed by atoms with van der Waals surface area (Å²) in [7, 11) is 3.77. The number of ether oxygens (including phenoxy) is 1. The molecule has 1 aromatic heterocycles. The van der Waals surface area contributed by atoms with Crippen molar-refractivity contribution in [3.63, 3.8) is 0 Å². The van der Waals surface area contributed by atoms with E-state index in [1.807, 2.05) is 36.4 Å². The summed E-state index contributed by atoms with van der Waals surface area (Å²) >= 11 is 7.70. The summed E-state index contributed by atoms with van der Waals surface area (Å²) in [6.07, 6.45) is 0. The zero-order valence-corrected chi connectivity index (χ0v) is 15.3. The van der Waals surface area contributed by atoms with Crippen molar-refractivity contribution in [2.24, 2.45) is 0 Å². The van der Waals surface area contributed by atoms with Gasteiger partial charge in [-0.2, -0.15) is 0 Å². The second-order valence-corrected chi connectivity index (χ2v) is 6.97. The van der Waals surface area contributed by atoms with Gasteiger partial charge in [-0.3, -0.25) is 4.90 Å². The highest BCUT2D eigenvalue weighted by Gasteiger charge is 2.08. The first-order chi connectivity index (χ1) is 11.6. The van der Waals surface area contributed by atoms with E-state index in [0.717, 1.165) is 40.1 Å². The Bertz CT molecular complexity index is 818. The van der Waals surface area contributed by atoms with Gasteiger partial charge in [0.2, 0.25) is 0 Å². The fourth-order valence-electron chi connectivity index (χ4n) is 2.55. The zero-order valence-electron chi connectivity index (χ0n) is 13.7. The maximum atomic E-state index is 6.04. The third kappa shape index (κ3) is 4.35. The normalized spacial score (nSPS) is 11.0. The molecule has 3 aromatic rings. The van der Waals surface area contributed by atoms with Gasteiger partial charge in [0.05, 0.1) is 12.8 Å². The minimum atomic E-state index is 0.773. The molecule has 0 spiro atoms. The van der Waals surface area contributed by atoms with E-state index in [-0.39, 0.29) is 0 Å². The lowest BCUT2D eigenvalue weighted by Crippen LogP contribution is -2.17. The predicted molar refractivity (Wildman–Crippen MR) is 101 cm³/mol. The van der Waals surface area contributed by atoms with E-state index in [1.165, 1.54) is 5.56 Å². The van der Waals surface area contributed by atoms with Gasteiger partial charge < -0.3 is 4.74 Å². The van der Waals surface area contributed by atoms with Crippen LogP contribution in [0.5, 0.6) is 5.75 Å². The lowest BCUT2D eigenvalue weighted by Gasteiger charge is -2.15. The van der Waals surface area contributed by atoms with Crippen LogP contribution < -0.4 is 4.74 Å². The molecule has 0 fully saturated rings. The second-order valence-electron chi connectivity index (χ2n) is 5.68. The fourth-order valence-corrected chi connectivity index (χ4v) is 3.57. The first-order valence-corrected chi connectivity index (χ1v) is 8.91. The number of halogens is 1. The first kappa shape index (κ1) is 17.0. The van der Waals surface area contributed by atoms with E-state index in [1.54, 1.807) is 18.4 Å². The number of hydrogen-bond acceptors (Lipinski definition) is 4. The molecular formula is C19H19ClN2OS. The second kappa shape index (κ2) is 7.79. The Labute approximate surface area is 151 Å². The van der Waals surface area contributed by atoms with Crippen molar-refractivity contribution in [1.82, 2.24) is 9.88 Å². The third-order valence-electron chi connectivity index (χ3n) is 3.64. The average molecular weight is 359 g/mol. The number of rotatable bonds is 6. The molecule has 0 unspecified atom stereocenters. The van der Waals surface area contributed by atoms with E-state index >= 15 is 0 Å². The standard InChI is InChI=1S/C19H19ClN2OS/c1-22(11-14-5-3-7-16(20)9-14)12-17-13-24-19(21-17)15-6-4-8-18(10-15)23-2/h3-10,13H,11-12H2,1-2H3. The number of hydrogen-bond donors (Lipinski definition) is 0. The number of thiazole rings is 1. The molecule has 0 aliphatic carbocycles. The van der Waals surface area contributed by atoms with Gasteiger partial charge in [-0.15, -0.1) is 11.3 Å². The van der Waals surface area contributed by atoms with E-state index < -0.39 is 0 Å².